The van der Waals surface area contributed by atoms with Gasteiger partial charge < -0.3 is 10.1 Å². The van der Waals surface area contributed by atoms with Crippen LogP contribution < -0.4 is 10.0 Å². The summed E-state index contributed by atoms with van der Waals surface area (Å²) in [5.74, 6) is 0. The monoisotopic (exact) mass is 290 g/mol. The largest absolute Gasteiger partial charge is 0.379 e. The second kappa shape index (κ2) is 7.57. The van der Waals surface area contributed by atoms with E-state index in [1.165, 1.54) is 32.1 Å². The van der Waals surface area contributed by atoms with Crippen LogP contribution in [0.15, 0.2) is 0 Å². The maximum absolute atomic E-state index is 11.5. The highest BCUT2D eigenvalue weighted by atomic mass is 32.2. The summed E-state index contributed by atoms with van der Waals surface area (Å²) in [5.41, 5.74) is 0. The van der Waals surface area contributed by atoms with Gasteiger partial charge in [-0.05, 0) is 25.7 Å². The lowest BCUT2D eigenvalue weighted by molar-refractivity contribution is 0.137. The van der Waals surface area contributed by atoms with E-state index in [0.717, 1.165) is 19.4 Å². The van der Waals surface area contributed by atoms with Crippen molar-refractivity contribution in [3.05, 3.63) is 0 Å². The molecule has 0 radical (unpaired) electrons. The standard InChI is InChI=1S/C13H26N2O3S/c16-19(17,13-6-7-13)15-9-11-18-10-8-14-12-4-2-1-3-5-12/h12-15H,1-11H2. The van der Waals surface area contributed by atoms with Crippen molar-refractivity contribution in [1.82, 2.24) is 10.0 Å². The molecule has 2 saturated carbocycles. The van der Waals surface area contributed by atoms with Crippen LogP contribution in [0.2, 0.25) is 0 Å². The molecule has 2 fully saturated rings. The van der Waals surface area contributed by atoms with Crippen molar-refractivity contribution >= 4 is 10.0 Å². The summed E-state index contributed by atoms with van der Waals surface area (Å²) in [6.07, 6.45) is 8.21. The fraction of sp³-hybridized carbons (Fsp3) is 1.00. The third-order valence-corrected chi connectivity index (χ3v) is 5.75. The van der Waals surface area contributed by atoms with Crippen molar-refractivity contribution in [3.63, 3.8) is 0 Å². The summed E-state index contributed by atoms with van der Waals surface area (Å²) in [7, 11) is -3.04. The summed E-state index contributed by atoms with van der Waals surface area (Å²) in [5, 5.41) is 3.35. The third-order valence-electron chi connectivity index (χ3n) is 3.80. The summed E-state index contributed by atoms with van der Waals surface area (Å²) in [4.78, 5) is 0. The lowest BCUT2D eigenvalue weighted by atomic mass is 9.96. The fourth-order valence-corrected chi connectivity index (χ4v) is 3.86. The van der Waals surface area contributed by atoms with Crippen molar-refractivity contribution < 1.29 is 13.2 Å². The van der Waals surface area contributed by atoms with Gasteiger partial charge >= 0.3 is 0 Å². The van der Waals surface area contributed by atoms with Crippen molar-refractivity contribution in [2.45, 2.75) is 56.2 Å². The molecule has 0 aliphatic heterocycles. The second-order valence-electron chi connectivity index (χ2n) is 5.54. The minimum Gasteiger partial charge on any atom is -0.379 e. The Kier molecular flexibility index (Phi) is 6.06. The molecule has 19 heavy (non-hydrogen) atoms. The van der Waals surface area contributed by atoms with E-state index >= 15 is 0 Å². The third kappa shape index (κ3) is 5.77. The molecule has 2 N–H and O–H groups in total. The van der Waals surface area contributed by atoms with E-state index in [1.807, 2.05) is 0 Å². The molecule has 0 saturated heterocycles. The number of rotatable bonds is 9. The van der Waals surface area contributed by atoms with Crippen LogP contribution in [0.4, 0.5) is 0 Å². The Hall–Kier alpha value is -0.170. The van der Waals surface area contributed by atoms with Gasteiger partial charge in [0.05, 0.1) is 18.5 Å². The van der Waals surface area contributed by atoms with Crippen LogP contribution in [-0.4, -0.2) is 46.0 Å². The molecule has 0 heterocycles. The first-order chi connectivity index (χ1) is 9.18. The van der Waals surface area contributed by atoms with Gasteiger partial charge in [0.1, 0.15) is 0 Å². The molecule has 2 rings (SSSR count). The average molecular weight is 290 g/mol. The smallest absolute Gasteiger partial charge is 0.214 e. The molecule has 0 aromatic heterocycles. The Morgan fingerprint density at radius 3 is 2.32 bits per heavy atom. The zero-order chi connectivity index (χ0) is 13.6. The van der Waals surface area contributed by atoms with Crippen LogP contribution in [0.3, 0.4) is 0 Å². The van der Waals surface area contributed by atoms with E-state index < -0.39 is 10.0 Å². The second-order valence-corrected chi connectivity index (χ2v) is 7.59. The van der Waals surface area contributed by atoms with Crippen LogP contribution in [0.25, 0.3) is 0 Å². The van der Waals surface area contributed by atoms with Gasteiger partial charge in [-0.15, -0.1) is 0 Å². The Morgan fingerprint density at radius 1 is 0.947 bits per heavy atom. The Bertz CT molecular complexity index is 349. The molecule has 2 aliphatic rings. The lowest BCUT2D eigenvalue weighted by Gasteiger charge is -2.22. The van der Waals surface area contributed by atoms with Crippen LogP contribution in [0.5, 0.6) is 0 Å². The molecule has 0 spiro atoms. The number of hydrogen-bond donors (Lipinski definition) is 2. The zero-order valence-corrected chi connectivity index (χ0v) is 12.4. The molecular formula is C13H26N2O3S. The fourth-order valence-electron chi connectivity index (χ4n) is 2.50. The van der Waals surface area contributed by atoms with Crippen molar-refractivity contribution in [2.24, 2.45) is 0 Å². The quantitative estimate of drug-likeness (QED) is 0.622. The number of hydrogen-bond acceptors (Lipinski definition) is 4. The van der Waals surface area contributed by atoms with Gasteiger partial charge in [0, 0.05) is 19.1 Å². The SMILES string of the molecule is O=S(=O)(NCCOCCNC1CCCCC1)C1CC1. The summed E-state index contributed by atoms with van der Waals surface area (Å²) >= 11 is 0. The molecule has 0 atom stereocenters. The number of ether oxygens (including phenoxy) is 1. The number of sulfonamides is 1. The van der Waals surface area contributed by atoms with Gasteiger partial charge in [-0.3, -0.25) is 0 Å². The van der Waals surface area contributed by atoms with Crippen LogP contribution in [0.1, 0.15) is 44.9 Å². The van der Waals surface area contributed by atoms with Gasteiger partial charge in [0.25, 0.3) is 0 Å². The predicted octanol–water partition coefficient (Wildman–Crippen LogP) is 1.01. The van der Waals surface area contributed by atoms with Gasteiger partial charge in [0.2, 0.25) is 10.0 Å². The first-order valence-electron chi connectivity index (χ1n) is 7.48. The van der Waals surface area contributed by atoms with Crippen LogP contribution >= 0.6 is 0 Å². The normalized spacial score (nSPS) is 21.7. The minimum absolute atomic E-state index is 0.138. The highest BCUT2D eigenvalue weighted by molar-refractivity contribution is 7.90. The molecule has 0 aromatic carbocycles. The molecule has 0 amide bonds. The molecule has 0 unspecified atom stereocenters. The predicted molar refractivity (Wildman–Crippen MR) is 75.6 cm³/mol. The highest BCUT2D eigenvalue weighted by Crippen LogP contribution is 2.27. The van der Waals surface area contributed by atoms with Gasteiger partial charge in [-0.2, -0.15) is 0 Å². The molecule has 112 valence electrons. The first kappa shape index (κ1) is 15.2. The van der Waals surface area contributed by atoms with E-state index in [9.17, 15) is 8.42 Å². The summed E-state index contributed by atoms with van der Waals surface area (Å²) in [6, 6.07) is 0.658. The van der Waals surface area contributed by atoms with Crippen LogP contribution in [-0.2, 0) is 14.8 Å². The number of nitrogens with one attached hydrogen (secondary N) is 2. The average Bonchev–Trinajstić information content (AvgIpc) is 3.23. The first-order valence-corrected chi connectivity index (χ1v) is 9.03. The Labute approximate surface area is 116 Å². The molecule has 0 bridgehead atoms. The van der Waals surface area contributed by atoms with E-state index in [2.05, 4.69) is 10.0 Å². The van der Waals surface area contributed by atoms with Crippen molar-refractivity contribution in [3.8, 4) is 0 Å². The van der Waals surface area contributed by atoms with E-state index in [4.69, 9.17) is 4.74 Å². The van der Waals surface area contributed by atoms with E-state index in [1.54, 1.807) is 0 Å². The highest BCUT2D eigenvalue weighted by Gasteiger charge is 2.35. The van der Waals surface area contributed by atoms with E-state index in [-0.39, 0.29) is 5.25 Å². The molecule has 5 nitrogen and oxygen atoms in total. The molecular weight excluding hydrogens is 264 g/mol. The summed E-state index contributed by atoms with van der Waals surface area (Å²) in [6.45, 7) is 2.36. The van der Waals surface area contributed by atoms with E-state index in [0.29, 0.717) is 25.8 Å². The summed E-state index contributed by atoms with van der Waals surface area (Å²) < 4.78 is 31.0. The maximum Gasteiger partial charge on any atom is 0.214 e. The molecule has 2 aliphatic carbocycles. The Morgan fingerprint density at radius 2 is 1.63 bits per heavy atom. The van der Waals surface area contributed by atoms with Gasteiger partial charge in [-0.25, -0.2) is 13.1 Å². The van der Waals surface area contributed by atoms with Gasteiger partial charge in [-0.1, -0.05) is 19.3 Å². The Balaban J connectivity index is 1.41. The topological polar surface area (TPSA) is 67.4 Å². The maximum atomic E-state index is 11.5. The van der Waals surface area contributed by atoms with Crippen molar-refractivity contribution in [2.75, 3.05) is 26.3 Å². The minimum atomic E-state index is -3.04. The molecule has 6 heteroatoms. The lowest BCUT2D eigenvalue weighted by Crippen LogP contribution is -2.34. The zero-order valence-electron chi connectivity index (χ0n) is 11.6. The molecule has 0 aromatic rings. The van der Waals surface area contributed by atoms with Gasteiger partial charge in [0.15, 0.2) is 0 Å². The van der Waals surface area contributed by atoms with Crippen LogP contribution in [0, 0.1) is 0 Å². The van der Waals surface area contributed by atoms with Crippen molar-refractivity contribution in [1.29, 1.82) is 0 Å².